The Hall–Kier alpha value is -0.790. The highest BCUT2D eigenvalue weighted by molar-refractivity contribution is 5.85. The van der Waals surface area contributed by atoms with Crippen molar-refractivity contribution in [1.29, 1.82) is 0 Å². The molecular formula is C18H34O2. The molecule has 0 aliphatic heterocycles. The second kappa shape index (κ2) is 10.9. The molecule has 2 heteroatoms. The molecule has 0 aromatic heterocycles. The van der Waals surface area contributed by atoms with E-state index < -0.39 is 5.97 Å². The number of hydrogen-bond acceptors (Lipinski definition) is 1. The number of hydrogen-bond donors (Lipinski definition) is 1. The van der Waals surface area contributed by atoms with Gasteiger partial charge in [0.2, 0.25) is 0 Å². The Morgan fingerprint density at radius 1 is 0.950 bits per heavy atom. The van der Waals surface area contributed by atoms with Crippen LogP contribution < -0.4 is 0 Å². The Kier molecular flexibility index (Phi) is 10.5. The molecule has 0 aliphatic rings. The van der Waals surface area contributed by atoms with E-state index in [0.29, 0.717) is 12.0 Å². The van der Waals surface area contributed by atoms with Gasteiger partial charge in [-0.1, -0.05) is 78.7 Å². The van der Waals surface area contributed by atoms with Crippen molar-refractivity contribution in [3.8, 4) is 0 Å². The standard InChI is InChI=1S/C18H34O2/c1-5-6-7-8-9-10-11-12-14-18(3,4)15-13-16(2)17(19)20/h2,5-15H2,1,3-4H3,(H,19,20). The van der Waals surface area contributed by atoms with Gasteiger partial charge in [0.1, 0.15) is 0 Å². The molecular weight excluding hydrogens is 248 g/mol. The molecule has 0 aliphatic carbocycles. The number of unbranched alkanes of at least 4 members (excludes halogenated alkanes) is 7. The van der Waals surface area contributed by atoms with Crippen LogP contribution in [0.5, 0.6) is 0 Å². The van der Waals surface area contributed by atoms with E-state index in [1.54, 1.807) is 0 Å². The minimum Gasteiger partial charge on any atom is -0.478 e. The first-order chi connectivity index (χ1) is 9.39. The van der Waals surface area contributed by atoms with Gasteiger partial charge >= 0.3 is 5.97 Å². The second-order valence-corrected chi connectivity index (χ2v) is 6.80. The lowest BCUT2D eigenvalue weighted by Crippen LogP contribution is -2.13. The minimum absolute atomic E-state index is 0.237. The zero-order chi connectivity index (χ0) is 15.4. The van der Waals surface area contributed by atoms with Gasteiger partial charge in [0.25, 0.3) is 0 Å². The number of carbonyl (C=O) groups is 1. The molecule has 0 unspecified atom stereocenters. The van der Waals surface area contributed by atoms with Crippen LogP contribution >= 0.6 is 0 Å². The largest absolute Gasteiger partial charge is 0.478 e. The topological polar surface area (TPSA) is 37.3 Å². The average Bonchev–Trinajstić information content (AvgIpc) is 2.39. The highest BCUT2D eigenvalue weighted by atomic mass is 16.4. The first kappa shape index (κ1) is 19.2. The van der Waals surface area contributed by atoms with Gasteiger partial charge in [0, 0.05) is 5.57 Å². The third kappa shape index (κ3) is 11.1. The van der Waals surface area contributed by atoms with E-state index >= 15 is 0 Å². The molecule has 0 aromatic rings. The van der Waals surface area contributed by atoms with E-state index in [-0.39, 0.29) is 5.41 Å². The molecule has 0 atom stereocenters. The van der Waals surface area contributed by atoms with Crippen molar-refractivity contribution in [1.82, 2.24) is 0 Å². The van der Waals surface area contributed by atoms with Gasteiger partial charge in [-0.05, 0) is 24.7 Å². The summed E-state index contributed by atoms with van der Waals surface area (Å²) in [6.45, 7) is 10.3. The summed E-state index contributed by atoms with van der Waals surface area (Å²) in [4.78, 5) is 10.7. The van der Waals surface area contributed by atoms with Crippen LogP contribution in [0.25, 0.3) is 0 Å². The predicted octanol–water partition coefficient (Wildman–Crippen LogP) is 5.96. The summed E-state index contributed by atoms with van der Waals surface area (Å²) in [7, 11) is 0. The van der Waals surface area contributed by atoms with Gasteiger partial charge in [-0.25, -0.2) is 4.79 Å². The van der Waals surface area contributed by atoms with Crippen LogP contribution in [0, 0.1) is 5.41 Å². The van der Waals surface area contributed by atoms with Crippen molar-refractivity contribution in [2.75, 3.05) is 0 Å². The maximum Gasteiger partial charge on any atom is 0.330 e. The predicted molar refractivity (Wildman–Crippen MR) is 87.0 cm³/mol. The van der Waals surface area contributed by atoms with Gasteiger partial charge in [-0.3, -0.25) is 0 Å². The van der Waals surface area contributed by atoms with Crippen molar-refractivity contribution in [3.63, 3.8) is 0 Å². The summed E-state index contributed by atoms with van der Waals surface area (Å²) >= 11 is 0. The Bertz CT molecular complexity index is 279. The fraction of sp³-hybridized carbons (Fsp3) is 0.833. The Morgan fingerprint density at radius 3 is 1.95 bits per heavy atom. The van der Waals surface area contributed by atoms with Crippen LogP contribution in [-0.4, -0.2) is 11.1 Å². The molecule has 20 heavy (non-hydrogen) atoms. The molecule has 118 valence electrons. The molecule has 0 rings (SSSR count). The van der Waals surface area contributed by atoms with E-state index in [4.69, 9.17) is 5.11 Å². The minimum atomic E-state index is -0.854. The van der Waals surface area contributed by atoms with Gasteiger partial charge in [0.05, 0.1) is 0 Å². The fourth-order valence-electron chi connectivity index (χ4n) is 2.46. The van der Waals surface area contributed by atoms with Crippen LogP contribution in [0.4, 0.5) is 0 Å². The SMILES string of the molecule is C=C(CCC(C)(C)CCCCCCCCCC)C(=O)O. The Morgan fingerprint density at radius 2 is 1.45 bits per heavy atom. The van der Waals surface area contributed by atoms with Crippen molar-refractivity contribution in [2.45, 2.75) is 91.4 Å². The van der Waals surface area contributed by atoms with Crippen LogP contribution in [0.1, 0.15) is 91.4 Å². The zero-order valence-electron chi connectivity index (χ0n) is 13.8. The molecule has 1 N–H and O–H groups in total. The van der Waals surface area contributed by atoms with Gasteiger partial charge in [0.15, 0.2) is 0 Å². The molecule has 0 heterocycles. The molecule has 0 spiro atoms. The Labute approximate surface area is 125 Å². The van der Waals surface area contributed by atoms with Crippen LogP contribution in [0.3, 0.4) is 0 Å². The molecule has 2 nitrogen and oxygen atoms in total. The number of aliphatic carboxylic acids is 1. The first-order valence-corrected chi connectivity index (χ1v) is 8.30. The number of carboxylic acid groups (broad SMARTS) is 1. The maximum atomic E-state index is 10.7. The van der Waals surface area contributed by atoms with Crippen molar-refractivity contribution in [2.24, 2.45) is 5.41 Å². The molecule has 0 saturated carbocycles. The van der Waals surface area contributed by atoms with Gasteiger partial charge in [-0.2, -0.15) is 0 Å². The van der Waals surface area contributed by atoms with Gasteiger partial charge in [-0.15, -0.1) is 0 Å². The molecule has 0 radical (unpaired) electrons. The molecule has 0 aromatic carbocycles. The van der Waals surface area contributed by atoms with Crippen molar-refractivity contribution in [3.05, 3.63) is 12.2 Å². The van der Waals surface area contributed by atoms with Crippen LogP contribution in [0.15, 0.2) is 12.2 Å². The smallest absolute Gasteiger partial charge is 0.330 e. The van der Waals surface area contributed by atoms with E-state index in [1.807, 2.05) is 0 Å². The quantitative estimate of drug-likeness (QED) is 0.334. The highest BCUT2D eigenvalue weighted by Gasteiger charge is 2.18. The van der Waals surface area contributed by atoms with Gasteiger partial charge < -0.3 is 5.11 Å². The van der Waals surface area contributed by atoms with Crippen molar-refractivity contribution >= 4 is 5.97 Å². The van der Waals surface area contributed by atoms with Crippen molar-refractivity contribution < 1.29 is 9.90 Å². The van der Waals surface area contributed by atoms with E-state index in [0.717, 1.165) is 6.42 Å². The summed E-state index contributed by atoms with van der Waals surface area (Å²) in [5, 5.41) is 8.81. The average molecular weight is 282 g/mol. The monoisotopic (exact) mass is 282 g/mol. The lowest BCUT2D eigenvalue weighted by Gasteiger charge is -2.24. The molecule has 0 amide bonds. The highest BCUT2D eigenvalue weighted by Crippen LogP contribution is 2.30. The number of carboxylic acids is 1. The second-order valence-electron chi connectivity index (χ2n) is 6.80. The van der Waals surface area contributed by atoms with Crippen LogP contribution in [-0.2, 0) is 4.79 Å². The lowest BCUT2D eigenvalue weighted by molar-refractivity contribution is -0.132. The summed E-state index contributed by atoms with van der Waals surface area (Å²) in [6.07, 6.45) is 13.5. The number of rotatable bonds is 13. The third-order valence-corrected chi connectivity index (χ3v) is 4.11. The summed E-state index contributed by atoms with van der Waals surface area (Å²) in [5.41, 5.74) is 0.578. The molecule has 0 fully saturated rings. The summed E-state index contributed by atoms with van der Waals surface area (Å²) < 4.78 is 0. The van der Waals surface area contributed by atoms with E-state index in [2.05, 4.69) is 27.4 Å². The first-order valence-electron chi connectivity index (χ1n) is 8.30. The normalized spacial score (nSPS) is 11.6. The van der Waals surface area contributed by atoms with E-state index in [9.17, 15) is 4.79 Å². The third-order valence-electron chi connectivity index (χ3n) is 4.11. The van der Waals surface area contributed by atoms with Crippen LogP contribution in [0.2, 0.25) is 0 Å². The molecule has 0 saturated heterocycles. The zero-order valence-corrected chi connectivity index (χ0v) is 13.8. The molecule has 0 bridgehead atoms. The lowest BCUT2D eigenvalue weighted by atomic mass is 9.81. The summed E-state index contributed by atoms with van der Waals surface area (Å²) in [5.74, 6) is -0.854. The van der Waals surface area contributed by atoms with E-state index in [1.165, 1.54) is 57.8 Å². The fourth-order valence-corrected chi connectivity index (χ4v) is 2.46. The maximum absolute atomic E-state index is 10.7. The Balaban J connectivity index is 3.57. The summed E-state index contributed by atoms with van der Waals surface area (Å²) in [6, 6.07) is 0.